The van der Waals surface area contributed by atoms with E-state index in [1.165, 1.54) is 0 Å². The topological polar surface area (TPSA) is 68.8 Å². The van der Waals surface area contributed by atoms with Gasteiger partial charge in [0.1, 0.15) is 5.44 Å². The summed E-state index contributed by atoms with van der Waals surface area (Å²) in [6, 6.07) is 0.528. The number of carbonyl (C=O) groups excluding carboxylic acids is 1. The minimum Gasteiger partial charge on any atom is -0.379 e. The molecule has 0 aliphatic heterocycles. The van der Waals surface area contributed by atoms with Gasteiger partial charge in [0.25, 0.3) is 0 Å². The third kappa shape index (κ3) is 20.8. The summed E-state index contributed by atoms with van der Waals surface area (Å²) in [7, 11) is 3.64. The lowest BCUT2D eigenvalue weighted by Gasteiger charge is -2.20. The van der Waals surface area contributed by atoms with E-state index < -0.39 is 0 Å². The Morgan fingerprint density at radius 2 is 1.67 bits per heavy atom. The van der Waals surface area contributed by atoms with Crippen LogP contribution < -0.4 is 10.6 Å². The molecule has 1 amide bonds. The average molecular weight is 467 g/mol. The summed E-state index contributed by atoms with van der Waals surface area (Å²) in [4.78, 5) is 11.6. The molecule has 1 atom stereocenters. The Kier molecular flexibility index (Phi) is 20.2. The molecule has 0 aliphatic rings. The number of amides is 1. The van der Waals surface area contributed by atoms with Gasteiger partial charge in [-0.15, -0.1) is 0 Å². The molecule has 0 aromatic carbocycles. The van der Waals surface area contributed by atoms with Crippen LogP contribution in [0.1, 0.15) is 50.8 Å². The van der Waals surface area contributed by atoms with Crippen LogP contribution in [-0.2, 0) is 19.0 Å². The van der Waals surface area contributed by atoms with Crippen LogP contribution in [0.15, 0.2) is 0 Å². The van der Waals surface area contributed by atoms with Gasteiger partial charge in [0.2, 0.25) is 5.91 Å². The standard InChI is InChI=1S/C22H42N2O4S2.2H2/c1-18(2)8-7-10-24-21(25)9-12-26-13-14-27-15-16-28-22(19(3)4)30-29-17-11-23-20(5)6;;/h18-20,22-23H,9-17H2,1-6H3,(H,24,25);2*1H. The first-order valence-corrected chi connectivity index (χ1v) is 13.2. The van der Waals surface area contributed by atoms with E-state index in [1.54, 1.807) is 10.8 Å². The van der Waals surface area contributed by atoms with E-state index in [0.29, 0.717) is 63.9 Å². The minimum absolute atomic E-state index is 0. The van der Waals surface area contributed by atoms with Gasteiger partial charge >= 0.3 is 0 Å². The summed E-state index contributed by atoms with van der Waals surface area (Å²) in [6.45, 7) is 16.6. The first-order chi connectivity index (χ1) is 14.3. The summed E-state index contributed by atoms with van der Waals surface area (Å²) in [6.07, 6.45) is 0.337. The average Bonchev–Trinajstić information content (AvgIpc) is 2.67. The molecule has 30 heavy (non-hydrogen) atoms. The molecule has 1 unspecified atom stereocenters. The maximum absolute atomic E-state index is 11.6. The zero-order valence-electron chi connectivity index (χ0n) is 19.6. The molecule has 0 radical (unpaired) electrons. The van der Waals surface area contributed by atoms with E-state index in [2.05, 4.69) is 50.2 Å². The molecule has 0 bridgehead atoms. The number of nitrogens with one attached hydrogen (secondary N) is 2. The van der Waals surface area contributed by atoms with Gasteiger partial charge in [0.05, 0.1) is 39.6 Å². The summed E-state index contributed by atoms with van der Waals surface area (Å²) >= 11 is 0. The van der Waals surface area contributed by atoms with Gasteiger partial charge in [0.15, 0.2) is 0 Å². The Labute approximate surface area is 195 Å². The van der Waals surface area contributed by atoms with Crippen LogP contribution in [0.2, 0.25) is 0 Å². The van der Waals surface area contributed by atoms with Crippen molar-refractivity contribution in [3.05, 3.63) is 0 Å². The quantitative estimate of drug-likeness (QED) is 0.137. The van der Waals surface area contributed by atoms with Crippen molar-refractivity contribution in [1.82, 2.24) is 10.6 Å². The molecule has 0 heterocycles. The van der Waals surface area contributed by atoms with Gasteiger partial charge in [-0.25, -0.2) is 0 Å². The normalized spacial score (nSPS) is 12.3. The molecule has 0 saturated carbocycles. The van der Waals surface area contributed by atoms with Crippen LogP contribution in [-0.4, -0.2) is 69.3 Å². The molecule has 0 aliphatic carbocycles. The lowest BCUT2D eigenvalue weighted by atomic mass is 10.2. The van der Waals surface area contributed by atoms with Crippen LogP contribution in [0, 0.1) is 23.7 Å². The van der Waals surface area contributed by atoms with E-state index in [0.717, 1.165) is 12.3 Å². The van der Waals surface area contributed by atoms with Crippen LogP contribution in [0.25, 0.3) is 0 Å². The van der Waals surface area contributed by atoms with E-state index in [4.69, 9.17) is 14.2 Å². The second kappa shape index (κ2) is 20.5. The summed E-state index contributed by atoms with van der Waals surface area (Å²) in [5, 5.41) is 6.17. The molecular formula is C22H46N2O4S2. The molecule has 0 saturated heterocycles. The zero-order valence-corrected chi connectivity index (χ0v) is 21.3. The largest absolute Gasteiger partial charge is 0.379 e. The monoisotopic (exact) mass is 466 g/mol. The SMILES string of the molecule is CC(C)C#CCNC(=O)CCOCCOCCOC(SSCCNC(C)C)C(C)C.[HH].[HH]. The number of ether oxygens (including phenoxy) is 3. The molecule has 0 aromatic heterocycles. The maximum atomic E-state index is 11.6. The zero-order chi connectivity index (χ0) is 22.6. The Hall–Kier alpha value is -0.430. The first kappa shape index (κ1) is 29.6. The van der Waals surface area contributed by atoms with Crippen molar-refractivity contribution < 1.29 is 21.9 Å². The smallest absolute Gasteiger partial charge is 0.223 e. The highest BCUT2D eigenvalue weighted by Gasteiger charge is 2.14. The molecule has 6 nitrogen and oxygen atoms in total. The number of hydrogen-bond acceptors (Lipinski definition) is 7. The van der Waals surface area contributed by atoms with Crippen LogP contribution in [0.5, 0.6) is 0 Å². The van der Waals surface area contributed by atoms with Crippen LogP contribution in [0.4, 0.5) is 0 Å². The molecular weight excluding hydrogens is 420 g/mol. The Balaban J connectivity index is -0.00000420. The van der Waals surface area contributed by atoms with Gasteiger partial charge in [0, 0.05) is 33.5 Å². The Morgan fingerprint density at radius 1 is 1.00 bits per heavy atom. The van der Waals surface area contributed by atoms with Crippen molar-refractivity contribution in [3.8, 4) is 11.8 Å². The predicted molar refractivity (Wildman–Crippen MR) is 134 cm³/mol. The Bertz CT molecular complexity index is 490. The van der Waals surface area contributed by atoms with Crippen molar-refractivity contribution in [1.29, 1.82) is 0 Å². The third-order valence-corrected chi connectivity index (χ3v) is 6.42. The second-order valence-corrected chi connectivity index (χ2v) is 10.3. The van der Waals surface area contributed by atoms with Crippen molar-refractivity contribution >= 4 is 27.5 Å². The molecule has 180 valence electrons. The van der Waals surface area contributed by atoms with Crippen LogP contribution >= 0.6 is 21.6 Å². The fourth-order valence-electron chi connectivity index (χ4n) is 2.03. The summed E-state index contributed by atoms with van der Waals surface area (Å²) in [5.41, 5.74) is 0.164. The first-order valence-electron chi connectivity index (χ1n) is 10.9. The highest BCUT2D eigenvalue weighted by atomic mass is 33.1. The maximum Gasteiger partial charge on any atom is 0.223 e. The second-order valence-electron chi connectivity index (χ2n) is 7.74. The van der Waals surface area contributed by atoms with E-state index in [9.17, 15) is 4.79 Å². The molecule has 0 fully saturated rings. The Morgan fingerprint density at radius 3 is 2.30 bits per heavy atom. The third-order valence-electron chi connectivity index (χ3n) is 3.57. The lowest BCUT2D eigenvalue weighted by Crippen LogP contribution is -2.25. The fraction of sp³-hybridized carbons (Fsp3) is 0.864. The molecule has 0 rings (SSSR count). The van der Waals surface area contributed by atoms with Gasteiger partial charge in [-0.2, -0.15) is 0 Å². The summed E-state index contributed by atoms with van der Waals surface area (Å²) in [5.74, 6) is 7.72. The van der Waals surface area contributed by atoms with E-state index in [1.807, 2.05) is 24.6 Å². The van der Waals surface area contributed by atoms with Gasteiger partial charge in [-0.05, 0) is 5.92 Å². The van der Waals surface area contributed by atoms with Crippen molar-refractivity contribution in [2.45, 2.75) is 59.4 Å². The summed E-state index contributed by atoms with van der Waals surface area (Å²) < 4.78 is 16.9. The number of rotatable bonds is 18. The van der Waals surface area contributed by atoms with Crippen LogP contribution in [0.3, 0.4) is 0 Å². The van der Waals surface area contributed by atoms with E-state index in [-0.39, 0.29) is 14.2 Å². The van der Waals surface area contributed by atoms with E-state index >= 15 is 0 Å². The molecule has 2 N–H and O–H groups in total. The highest BCUT2D eigenvalue weighted by molar-refractivity contribution is 8.76. The molecule has 8 heteroatoms. The van der Waals surface area contributed by atoms with Crippen molar-refractivity contribution in [3.63, 3.8) is 0 Å². The number of carbonyl (C=O) groups is 1. The highest BCUT2D eigenvalue weighted by Crippen LogP contribution is 2.31. The van der Waals surface area contributed by atoms with Crippen molar-refractivity contribution in [2.75, 3.05) is 51.9 Å². The van der Waals surface area contributed by atoms with Gasteiger partial charge < -0.3 is 24.8 Å². The fourth-order valence-corrected chi connectivity index (χ4v) is 4.61. The molecule has 0 spiro atoms. The minimum atomic E-state index is -0.0440. The van der Waals surface area contributed by atoms with Crippen molar-refractivity contribution in [2.24, 2.45) is 11.8 Å². The van der Waals surface area contributed by atoms with Gasteiger partial charge in [-0.1, -0.05) is 75.0 Å². The lowest BCUT2D eigenvalue weighted by molar-refractivity contribution is -0.122. The molecule has 0 aromatic rings. The van der Waals surface area contributed by atoms with Gasteiger partial charge in [-0.3, -0.25) is 4.79 Å². The number of hydrogen-bond donors (Lipinski definition) is 2. The predicted octanol–water partition coefficient (Wildman–Crippen LogP) is 4.06.